The van der Waals surface area contributed by atoms with E-state index in [1.165, 1.54) is 4.90 Å². The first-order valence-electron chi connectivity index (χ1n) is 13.0. The van der Waals surface area contributed by atoms with Crippen molar-refractivity contribution in [3.63, 3.8) is 0 Å². The molecule has 1 aromatic carbocycles. The van der Waals surface area contributed by atoms with Crippen LogP contribution in [0.1, 0.15) is 69.4 Å². The van der Waals surface area contributed by atoms with Crippen LogP contribution in [0.5, 0.6) is 0 Å². The molecule has 2 fully saturated rings. The largest absolute Gasteiger partial charge is 0.352 e. The Morgan fingerprint density at radius 3 is 2.34 bits per heavy atom. The molecule has 188 valence electrons. The number of hydrogen-bond donors (Lipinski definition) is 1. The molecule has 3 atom stereocenters. The molecule has 1 N–H and O–H groups in total. The summed E-state index contributed by atoms with van der Waals surface area (Å²) in [7, 11) is 0. The molecule has 3 aliphatic rings. The van der Waals surface area contributed by atoms with Crippen molar-refractivity contribution in [1.82, 2.24) is 15.1 Å². The van der Waals surface area contributed by atoms with Gasteiger partial charge in [-0.3, -0.25) is 24.1 Å². The van der Waals surface area contributed by atoms with Crippen molar-refractivity contribution in [2.45, 2.75) is 83.8 Å². The highest BCUT2D eigenvalue weighted by Crippen LogP contribution is 2.35. The fourth-order valence-electron chi connectivity index (χ4n) is 5.73. The van der Waals surface area contributed by atoms with Gasteiger partial charge in [0.15, 0.2) is 0 Å². The number of benzene rings is 1. The summed E-state index contributed by atoms with van der Waals surface area (Å²) < 4.78 is 0. The van der Waals surface area contributed by atoms with Gasteiger partial charge in [0.1, 0.15) is 6.04 Å². The molecular formula is C28H37N3O4. The van der Waals surface area contributed by atoms with E-state index < -0.39 is 6.04 Å². The van der Waals surface area contributed by atoms with Crippen molar-refractivity contribution >= 4 is 23.6 Å². The number of imide groups is 1. The lowest BCUT2D eigenvalue weighted by Gasteiger charge is -2.32. The molecule has 1 aliphatic heterocycles. The lowest BCUT2D eigenvalue weighted by molar-refractivity contribution is -0.144. The van der Waals surface area contributed by atoms with Crippen molar-refractivity contribution in [1.29, 1.82) is 0 Å². The van der Waals surface area contributed by atoms with Gasteiger partial charge in [0.2, 0.25) is 23.6 Å². The van der Waals surface area contributed by atoms with Crippen LogP contribution in [0.4, 0.5) is 0 Å². The number of nitrogens with zero attached hydrogens (tertiary/aromatic N) is 2. The summed E-state index contributed by atoms with van der Waals surface area (Å²) in [5.41, 5.74) is 2.04. The Morgan fingerprint density at radius 2 is 1.74 bits per heavy atom. The van der Waals surface area contributed by atoms with E-state index >= 15 is 0 Å². The number of carbonyl (C=O) groups excluding carboxylic acids is 4. The van der Waals surface area contributed by atoms with E-state index in [1.54, 1.807) is 4.90 Å². The van der Waals surface area contributed by atoms with Crippen molar-refractivity contribution in [3.8, 4) is 0 Å². The van der Waals surface area contributed by atoms with Crippen molar-refractivity contribution in [2.24, 2.45) is 11.8 Å². The number of likely N-dealkylation sites (tertiary alicyclic amines) is 1. The van der Waals surface area contributed by atoms with Crippen LogP contribution in [0.3, 0.4) is 0 Å². The number of allylic oxidation sites excluding steroid dienone is 2. The molecule has 7 heteroatoms. The Balaban J connectivity index is 1.48. The van der Waals surface area contributed by atoms with Crippen LogP contribution < -0.4 is 5.32 Å². The average Bonchev–Trinajstić information content (AvgIpc) is 3.44. The molecule has 0 spiro atoms. The molecule has 0 aromatic heterocycles. The van der Waals surface area contributed by atoms with Crippen LogP contribution in [-0.4, -0.2) is 52.1 Å². The Bertz CT molecular complexity index is 972. The van der Waals surface area contributed by atoms with Gasteiger partial charge in [0.05, 0.1) is 11.8 Å². The third-order valence-electron chi connectivity index (χ3n) is 7.67. The maximum Gasteiger partial charge on any atom is 0.243 e. The number of rotatable bonds is 9. The van der Waals surface area contributed by atoms with Gasteiger partial charge < -0.3 is 10.2 Å². The van der Waals surface area contributed by atoms with Gasteiger partial charge in [-0.25, -0.2) is 0 Å². The van der Waals surface area contributed by atoms with E-state index in [0.717, 1.165) is 36.8 Å². The molecular weight excluding hydrogens is 442 g/mol. The number of carbonyl (C=O) groups is 4. The van der Waals surface area contributed by atoms with E-state index in [1.807, 2.05) is 50.3 Å². The van der Waals surface area contributed by atoms with Crippen LogP contribution in [0, 0.1) is 18.8 Å². The first kappa shape index (κ1) is 25.1. The summed E-state index contributed by atoms with van der Waals surface area (Å²) >= 11 is 0. The normalized spacial score (nSPS) is 22.9. The molecule has 4 rings (SSSR count). The lowest BCUT2D eigenvalue weighted by atomic mass is 9.85. The van der Waals surface area contributed by atoms with Crippen LogP contribution in [0.15, 0.2) is 36.4 Å². The standard InChI is InChI=1S/C28H37N3O4/c1-3-24(26(33)29-21-11-4-5-12-21)31(18-20-10-8-9-19(2)17-20)25(32)15-16-30-27(34)22-13-6-7-14-23(22)28(30)35/h6-10,17,21-24H,3-5,11-16,18H2,1-2H3,(H,29,33)/t22-,23+,24?. The van der Waals surface area contributed by atoms with Gasteiger partial charge in [-0.15, -0.1) is 0 Å². The molecule has 0 radical (unpaired) electrons. The molecule has 1 heterocycles. The van der Waals surface area contributed by atoms with Crippen LogP contribution in [0.2, 0.25) is 0 Å². The summed E-state index contributed by atoms with van der Waals surface area (Å²) in [5.74, 6) is -1.28. The predicted octanol–water partition coefficient (Wildman–Crippen LogP) is 3.50. The zero-order chi connectivity index (χ0) is 24.9. The Labute approximate surface area is 207 Å². The molecule has 1 aromatic rings. The predicted molar refractivity (Wildman–Crippen MR) is 133 cm³/mol. The van der Waals surface area contributed by atoms with Crippen molar-refractivity contribution in [3.05, 3.63) is 47.5 Å². The quantitative estimate of drug-likeness (QED) is 0.434. The highest BCUT2D eigenvalue weighted by Gasteiger charge is 2.47. The minimum absolute atomic E-state index is 0.0172. The Kier molecular flexibility index (Phi) is 8.04. The van der Waals surface area contributed by atoms with E-state index in [2.05, 4.69) is 5.32 Å². The maximum atomic E-state index is 13.5. The smallest absolute Gasteiger partial charge is 0.243 e. The summed E-state index contributed by atoms with van der Waals surface area (Å²) in [5, 5.41) is 3.15. The van der Waals surface area contributed by atoms with Gasteiger partial charge in [-0.1, -0.05) is 61.7 Å². The fraction of sp³-hybridized carbons (Fsp3) is 0.571. The molecule has 2 aliphatic carbocycles. The number of fused-ring (bicyclic) bond motifs is 1. The monoisotopic (exact) mass is 479 g/mol. The SMILES string of the molecule is CCC(C(=O)NC1CCCC1)N(Cc1cccc(C)c1)C(=O)CCN1C(=O)[C@H]2CC=CC[C@H]2C1=O. The topological polar surface area (TPSA) is 86.8 Å². The molecule has 7 nitrogen and oxygen atoms in total. The second-order valence-electron chi connectivity index (χ2n) is 10.2. The molecule has 1 saturated heterocycles. The highest BCUT2D eigenvalue weighted by molar-refractivity contribution is 6.05. The average molecular weight is 480 g/mol. The maximum absolute atomic E-state index is 13.5. The van der Waals surface area contributed by atoms with Gasteiger partial charge in [0, 0.05) is 25.6 Å². The lowest BCUT2D eigenvalue weighted by Crippen LogP contribution is -2.51. The molecule has 1 unspecified atom stereocenters. The van der Waals surface area contributed by atoms with E-state index in [4.69, 9.17) is 0 Å². The summed E-state index contributed by atoms with van der Waals surface area (Å²) in [4.78, 5) is 55.4. The van der Waals surface area contributed by atoms with Gasteiger partial charge in [0.25, 0.3) is 0 Å². The van der Waals surface area contributed by atoms with Crippen LogP contribution in [-0.2, 0) is 25.7 Å². The molecule has 35 heavy (non-hydrogen) atoms. The van der Waals surface area contributed by atoms with Gasteiger partial charge in [-0.05, 0) is 44.6 Å². The molecule has 4 amide bonds. The van der Waals surface area contributed by atoms with Crippen LogP contribution >= 0.6 is 0 Å². The fourth-order valence-corrected chi connectivity index (χ4v) is 5.73. The number of hydrogen-bond acceptors (Lipinski definition) is 4. The van der Waals surface area contributed by atoms with E-state index in [-0.39, 0.29) is 54.5 Å². The van der Waals surface area contributed by atoms with E-state index in [0.29, 0.717) is 25.8 Å². The number of amides is 4. The first-order valence-corrected chi connectivity index (χ1v) is 13.0. The minimum atomic E-state index is -0.597. The second kappa shape index (κ2) is 11.2. The summed E-state index contributed by atoms with van der Waals surface area (Å²) in [6.45, 7) is 4.29. The van der Waals surface area contributed by atoms with Crippen LogP contribution in [0.25, 0.3) is 0 Å². The third-order valence-corrected chi connectivity index (χ3v) is 7.67. The van der Waals surface area contributed by atoms with E-state index in [9.17, 15) is 19.2 Å². The third kappa shape index (κ3) is 5.65. The highest BCUT2D eigenvalue weighted by atomic mass is 16.2. The van der Waals surface area contributed by atoms with Crippen molar-refractivity contribution in [2.75, 3.05) is 6.54 Å². The molecule has 1 saturated carbocycles. The second-order valence-corrected chi connectivity index (χ2v) is 10.2. The number of aryl methyl sites for hydroxylation is 1. The zero-order valence-electron chi connectivity index (χ0n) is 20.9. The molecule has 0 bridgehead atoms. The number of nitrogens with one attached hydrogen (secondary N) is 1. The summed E-state index contributed by atoms with van der Waals surface area (Å²) in [6.07, 6.45) is 9.77. The Hall–Kier alpha value is -2.96. The zero-order valence-corrected chi connectivity index (χ0v) is 20.9. The Morgan fingerprint density at radius 1 is 1.09 bits per heavy atom. The van der Waals surface area contributed by atoms with Gasteiger partial charge in [-0.2, -0.15) is 0 Å². The first-order chi connectivity index (χ1) is 16.9. The summed E-state index contributed by atoms with van der Waals surface area (Å²) in [6, 6.07) is 7.50. The van der Waals surface area contributed by atoms with Gasteiger partial charge >= 0.3 is 0 Å². The minimum Gasteiger partial charge on any atom is -0.352 e. The van der Waals surface area contributed by atoms with Crippen molar-refractivity contribution < 1.29 is 19.2 Å².